The van der Waals surface area contributed by atoms with E-state index in [1.807, 2.05) is 43.3 Å². The fourth-order valence-corrected chi connectivity index (χ4v) is 2.17. The highest BCUT2D eigenvalue weighted by Crippen LogP contribution is 2.18. The summed E-state index contributed by atoms with van der Waals surface area (Å²) in [5, 5.41) is 2.87. The Kier molecular flexibility index (Phi) is 7.96. The van der Waals surface area contributed by atoms with Gasteiger partial charge in [0.15, 0.2) is 0 Å². The van der Waals surface area contributed by atoms with E-state index in [0.717, 1.165) is 11.5 Å². The highest BCUT2D eigenvalue weighted by atomic mass is 16.5. The van der Waals surface area contributed by atoms with Gasteiger partial charge in [-0.25, -0.2) is 0 Å². The lowest BCUT2D eigenvalue weighted by molar-refractivity contribution is 0.102. The lowest BCUT2D eigenvalue weighted by Crippen LogP contribution is -2.12. The Morgan fingerprint density at radius 3 is 2.15 bits per heavy atom. The molecule has 2 rings (SSSR count). The fraction of sp³-hybridized carbons (Fsp3) is 0.381. The standard InChI is InChI=1S/C21H27NO4/c1-4-24-13-14-25-19-11-7-18(8-12-19)22-21(23)17-5-9-20(10-6-17)26-15-16(2)3/h5-12,16H,4,13-15H2,1-3H3,(H,22,23). The number of carbonyl (C=O) groups excluding carboxylic acids is 1. The van der Waals surface area contributed by atoms with Crippen molar-refractivity contribution in [2.24, 2.45) is 5.92 Å². The van der Waals surface area contributed by atoms with E-state index in [9.17, 15) is 4.79 Å². The number of nitrogens with one attached hydrogen (secondary N) is 1. The average molecular weight is 357 g/mol. The topological polar surface area (TPSA) is 56.8 Å². The third-order valence-electron chi connectivity index (χ3n) is 3.51. The molecule has 0 bridgehead atoms. The minimum atomic E-state index is -0.162. The molecule has 0 heterocycles. The van der Waals surface area contributed by atoms with Gasteiger partial charge in [0.2, 0.25) is 0 Å². The summed E-state index contributed by atoms with van der Waals surface area (Å²) >= 11 is 0. The number of hydrogen-bond acceptors (Lipinski definition) is 4. The van der Waals surface area contributed by atoms with E-state index in [4.69, 9.17) is 14.2 Å². The van der Waals surface area contributed by atoms with Crippen molar-refractivity contribution in [1.29, 1.82) is 0 Å². The molecule has 0 saturated heterocycles. The largest absolute Gasteiger partial charge is 0.493 e. The van der Waals surface area contributed by atoms with Crippen molar-refractivity contribution in [2.45, 2.75) is 20.8 Å². The molecule has 0 aromatic heterocycles. The van der Waals surface area contributed by atoms with Gasteiger partial charge in [0.25, 0.3) is 5.91 Å². The van der Waals surface area contributed by atoms with Gasteiger partial charge in [-0.15, -0.1) is 0 Å². The summed E-state index contributed by atoms with van der Waals surface area (Å²) in [7, 11) is 0. The monoisotopic (exact) mass is 357 g/mol. The molecule has 0 aliphatic carbocycles. The summed E-state index contributed by atoms with van der Waals surface area (Å²) in [5.41, 5.74) is 1.30. The van der Waals surface area contributed by atoms with Crippen LogP contribution in [0.2, 0.25) is 0 Å². The summed E-state index contributed by atoms with van der Waals surface area (Å²) in [5.74, 6) is 1.81. The summed E-state index contributed by atoms with van der Waals surface area (Å²) in [6.45, 7) is 8.54. The lowest BCUT2D eigenvalue weighted by Gasteiger charge is -2.10. The zero-order chi connectivity index (χ0) is 18.8. The number of anilines is 1. The fourth-order valence-electron chi connectivity index (χ4n) is 2.17. The van der Waals surface area contributed by atoms with Crippen LogP contribution >= 0.6 is 0 Å². The number of rotatable bonds is 10. The predicted octanol–water partition coefficient (Wildman–Crippen LogP) is 4.39. The van der Waals surface area contributed by atoms with Crippen molar-refractivity contribution in [3.05, 3.63) is 54.1 Å². The molecule has 0 aliphatic heterocycles. The van der Waals surface area contributed by atoms with Gasteiger partial charge in [-0.2, -0.15) is 0 Å². The van der Waals surface area contributed by atoms with Crippen LogP contribution in [0.1, 0.15) is 31.1 Å². The highest BCUT2D eigenvalue weighted by molar-refractivity contribution is 6.04. The second-order valence-electron chi connectivity index (χ2n) is 6.25. The normalized spacial score (nSPS) is 10.6. The van der Waals surface area contributed by atoms with Crippen LogP contribution in [0.25, 0.3) is 0 Å². The van der Waals surface area contributed by atoms with E-state index >= 15 is 0 Å². The van der Waals surface area contributed by atoms with Gasteiger partial charge in [0.1, 0.15) is 18.1 Å². The van der Waals surface area contributed by atoms with Gasteiger partial charge in [0, 0.05) is 17.9 Å². The molecule has 140 valence electrons. The number of amides is 1. The summed E-state index contributed by atoms with van der Waals surface area (Å²) in [4.78, 5) is 12.3. The first kappa shape index (κ1) is 19.8. The minimum Gasteiger partial charge on any atom is -0.493 e. The number of carbonyl (C=O) groups is 1. The molecule has 2 aromatic rings. The van der Waals surface area contributed by atoms with Crippen LogP contribution in [0.4, 0.5) is 5.69 Å². The van der Waals surface area contributed by atoms with Crippen molar-refractivity contribution >= 4 is 11.6 Å². The molecule has 0 radical (unpaired) electrons. The zero-order valence-corrected chi connectivity index (χ0v) is 15.7. The van der Waals surface area contributed by atoms with E-state index in [-0.39, 0.29) is 5.91 Å². The molecule has 2 aromatic carbocycles. The van der Waals surface area contributed by atoms with Crippen molar-refractivity contribution in [1.82, 2.24) is 0 Å². The Labute approximate surface area is 155 Å². The number of ether oxygens (including phenoxy) is 3. The van der Waals surface area contributed by atoms with Crippen LogP contribution in [-0.2, 0) is 4.74 Å². The van der Waals surface area contributed by atoms with Gasteiger partial charge in [-0.05, 0) is 61.4 Å². The molecular formula is C21H27NO4. The Morgan fingerprint density at radius 1 is 0.923 bits per heavy atom. The first-order chi connectivity index (χ1) is 12.6. The minimum absolute atomic E-state index is 0.162. The first-order valence-corrected chi connectivity index (χ1v) is 8.93. The van der Waals surface area contributed by atoms with Gasteiger partial charge >= 0.3 is 0 Å². The third kappa shape index (κ3) is 6.76. The molecule has 1 N–H and O–H groups in total. The van der Waals surface area contributed by atoms with Gasteiger partial charge in [0.05, 0.1) is 13.2 Å². The molecule has 0 aliphatic rings. The summed E-state index contributed by atoms with van der Waals surface area (Å²) in [6.07, 6.45) is 0. The van der Waals surface area contributed by atoms with E-state index < -0.39 is 0 Å². The van der Waals surface area contributed by atoms with E-state index in [1.54, 1.807) is 12.1 Å². The average Bonchev–Trinajstić information content (AvgIpc) is 2.65. The van der Waals surface area contributed by atoms with Crippen LogP contribution < -0.4 is 14.8 Å². The Hall–Kier alpha value is -2.53. The zero-order valence-electron chi connectivity index (χ0n) is 15.7. The molecule has 0 saturated carbocycles. The van der Waals surface area contributed by atoms with Crippen LogP contribution in [0.15, 0.2) is 48.5 Å². The predicted molar refractivity (Wildman–Crippen MR) is 103 cm³/mol. The second kappa shape index (κ2) is 10.5. The number of benzene rings is 2. The van der Waals surface area contributed by atoms with E-state index in [2.05, 4.69) is 19.2 Å². The molecule has 5 heteroatoms. The Balaban J connectivity index is 1.84. The molecule has 5 nitrogen and oxygen atoms in total. The van der Waals surface area contributed by atoms with Crippen LogP contribution in [0.5, 0.6) is 11.5 Å². The first-order valence-electron chi connectivity index (χ1n) is 8.93. The maximum absolute atomic E-state index is 12.3. The van der Waals surface area contributed by atoms with Gasteiger partial charge < -0.3 is 19.5 Å². The van der Waals surface area contributed by atoms with Gasteiger partial charge in [-0.3, -0.25) is 4.79 Å². The Morgan fingerprint density at radius 2 is 1.54 bits per heavy atom. The summed E-state index contributed by atoms with van der Waals surface area (Å²) in [6, 6.07) is 14.4. The van der Waals surface area contributed by atoms with E-state index in [0.29, 0.717) is 43.6 Å². The van der Waals surface area contributed by atoms with E-state index in [1.165, 1.54) is 0 Å². The molecular weight excluding hydrogens is 330 g/mol. The molecule has 1 amide bonds. The van der Waals surface area contributed by atoms with Crippen LogP contribution in [-0.4, -0.2) is 32.3 Å². The molecule has 0 atom stereocenters. The third-order valence-corrected chi connectivity index (χ3v) is 3.51. The van der Waals surface area contributed by atoms with Gasteiger partial charge in [-0.1, -0.05) is 13.8 Å². The van der Waals surface area contributed by atoms with Crippen molar-refractivity contribution in [3.8, 4) is 11.5 Å². The van der Waals surface area contributed by atoms with Crippen molar-refractivity contribution in [3.63, 3.8) is 0 Å². The molecule has 0 fully saturated rings. The quantitative estimate of drug-likeness (QED) is 0.641. The van der Waals surface area contributed by atoms with Crippen molar-refractivity contribution < 1.29 is 19.0 Å². The SMILES string of the molecule is CCOCCOc1ccc(NC(=O)c2ccc(OCC(C)C)cc2)cc1. The second-order valence-corrected chi connectivity index (χ2v) is 6.25. The van der Waals surface area contributed by atoms with Crippen LogP contribution in [0, 0.1) is 5.92 Å². The smallest absolute Gasteiger partial charge is 0.255 e. The Bertz CT molecular complexity index is 665. The summed E-state index contributed by atoms with van der Waals surface area (Å²) < 4.78 is 16.4. The maximum Gasteiger partial charge on any atom is 0.255 e. The van der Waals surface area contributed by atoms with Crippen LogP contribution in [0.3, 0.4) is 0 Å². The van der Waals surface area contributed by atoms with Crippen molar-refractivity contribution in [2.75, 3.05) is 31.7 Å². The molecule has 0 unspecified atom stereocenters. The molecule has 26 heavy (non-hydrogen) atoms. The molecule has 0 spiro atoms. The highest BCUT2D eigenvalue weighted by Gasteiger charge is 2.07. The lowest BCUT2D eigenvalue weighted by atomic mass is 10.2. The number of hydrogen-bond donors (Lipinski definition) is 1. The maximum atomic E-state index is 12.3.